The molecule has 11 rings (SSSR count). The highest BCUT2D eigenvalue weighted by molar-refractivity contribution is 7.86. The zero-order valence-electron chi connectivity index (χ0n) is 28.5. The van der Waals surface area contributed by atoms with Crippen LogP contribution < -0.4 is 15.9 Å². The molecule has 0 fully saturated rings. The molecule has 4 nitrogen and oxygen atoms in total. The van der Waals surface area contributed by atoms with Crippen LogP contribution in [-0.2, 0) is 4.57 Å². The largest absolute Gasteiger partial charge is 0.309 e. The molecule has 0 radical (unpaired) electrons. The van der Waals surface area contributed by atoms with Gasteiger partial charge in [-0.1, -0.05) is 158 Å². The first-order chi connectivity index (χ1) is 26.2. The highest BCUT2D eigenvalue weighted by atomic mass is 31.2. The van der Waals surface area contributed by atoms with Crippen molar-refractivity contribution < 1.29 is 4.57 Å². The summed E-state index contributed by atoms with van der Waals surface area (Å²) < 4.78 is 18.0. The van der Waals surface area contributed by atoms with Crippen molar-refractivity contribution in [2.75, 3.05) is 0 Å². The molecular formula is C48H30N3OP. The molecule has 10 aromatic rings. The fourth-order valence-electron chi connectivity index (χ4n) is 8.38. The normalized spacial score (nSPS) is 14.9. The van der Waals surface area contributed by atoms with Gasteiger partial charge in [-0.3, -0.25) is 4.57 Å². The molecule has 2 aromatic heterocycles. The van der Waals surface area contributed by atoms with E-state index in [4.69, 9.17) is 9.97 Å². The topological polar surface area (TPSA) is 47.8 Å². The Morgan fingerprint density at radius 2 is 1.15 bits per heavy atom. The number of rotatable bonds is 4. The second kappa shape index (κ2) is 11.4. The third kappa shape index (κ3) is 4.40. The Morgan fingerprint density at radius 3 is 2.02 bits per heavy atom. The second-order valence-electron chi connectivity index (χ2n) is 13.7. The number of hydrogen-bond acceptors (Lipinski definition) is 3. The lowest BCUT2D eigenvalue weighted by molar-refractivity contribution is 0.593. The van der Waals surface area contributed by atoms with Gasteiger partial charge in [-0.05, 0) is 57.3 Å². The Bertz CT molecular complexity index is 3150. The number of benzene rings is 8. The predicted molar refractivity (Wildman–Crippen MR) is 221 cm³/mol. The van der Waals surface area contributed by atoms with Crippen LogP contribution in [0.1, 0.15) is 0 Å². The van der Waals surface area contributed by atoms with Crippen molar-refractivity contribution in [3.05, 3.63) is 182 Å². The van der Waals surface area contributed by atoms with E-state index in [0.29, 0.717) is 5.95 Å². The lowest BCUT2D eigenvalue weighted by Gasteiger charge is -2.17. The van der Waals surface area contributed by atoms with Gasteiger partial charge in [0, 0.05) is 37.6 Å². The number of para-hydroxylation sites is 2. The zero-order valence-corrected chi connectivity index (χ0v) is 29.4. The van der Waals surface area contributed by atoms with Gasteiger partial charge in [0.15, 0.2) is 7.14 Å². The Balaban J connectivity index is 1.14. The van der Waals surface area contributed by atoms with Crippen molar-refractivity contribution >= 4 is 66.5 Å². The Hall–Kier alpha value is -6.61. The van der Waals surface area contributed by atoms with Crippen LogP contribution >= 0.6 is 7.14 Å². The maximum Gasteiger partial charge on any atom is 0.235 e. The van der Waals surface area contributed by atoms with Gasteiger partial charge in [-0.25, -0.2) is 9.97 Å². The lowest BCUT2D eigenvalue weighted by Crippen LogP contribution is -2.21. The molecule has 0 bridgehead atoms. The summed E-state index contributed by atoms with van der Waals surface area (Å²) in [4.78, 5) is 10.6. The van der Waals surface area contributed by atoms with Gasteiger partial charge in [0.1, 0.15) is 0 Å². The van der Waals surface area contributed by atoms with Crippen LogP contribution in [-0.4, -0.2) is 14.5 Å². The fraction of sp³-hybridized carbons (Fsp3) is 0. The third-order valence-electron chi connectivity index (χ3n) is 10.8. The number of fused-ring (bicyclic) bond motifs is 9. The molecule has 5 heteroatoms. The van der Waals surface area contributed by atoms with Crippen molar-refractivity contribution in [3.8, 4) is 39.5 Å². The molecule has 1 atom stereocenters. The molecule has 53 heavy (non-hydrogen) atoms. The van der Waals surface area contributed by atoms with Crippen molar-refractivity contribution in [3.63, 3.8) is 0 Å². The minimum Gasteiger partial charge on any atom is -0.309 e. The van der Waals surface area contributed by atoms with E-state index in [1.165, 1.54) is 16.3 Å². The predicted octanol–water partition coefficient (Wildman–Crippen LogP) is 10.8. The van der Waals surface area contributed by atoms with Crippen molar-refractivity contribution in [1.82, 2.24) is 14.5 Å². The van der Waals surface area contributed by atoms with Crippen molar-refractivity contribution in [1.29, 1.82) is 0 Å². The Kier molecular flexibility index (Phi) is 6.49. The summed E-state index contributed by atoms with van der Waals surface area (Å²) in [6.07, 6.45) is 0. The van der Waals surface area contributed by atoms with E-state index in [9.17, 15) is 0 Å². The van der Waals surface area contributed by atoms with E-state index in [1.54, 1.807) is 0 Å². The summed E-state index contributed by atoms with van der Waals surface area (Å²) in [5.41, 5.74) is 9.03. The van der Waals surface area contributed by atoms with E-state index < -0.39 is 7.14 Å². The Morgan fingerprint density at radius 1 is 0.472 bits per heavy atom. The average molecular weight is 696 g/mol. The van der Waals surface area contributed by atoms with Crippen LogP contribution in [0.15, 0.2) is 182 Å². The minimum atomic E-state index is -3.23. The van der Waals surface area contributed by atoms with E-state index in [1.807, 2.05) is 60.7 Å². The molecule has 248 valence electrons. The third-order valence-corrected chi connectivity index (χ3v) is 14.0. The first-order valence-corrected chi connectivity index (χ1v) is 19.6. The summed E-state index contributed by atoms with van der Waals surface area (Å²) in [6.45, 7) is 0. The molecule has 0 saturated carbocycles. The van der Waals surface area contributed by atoms with Gasteiger partial charge in [-0.15, -0.1) is 0 Å². The van der Waals surface area contributed by atoms with E-state index in [-0.39, 0.29) is 0 Å². The van der Waals surface area contributed by atoms with Gasteiger partial charge in [0.05, 0.1) is 22.2 Å². The van der Waals surface area contributed by atoms with Crippen LogP contribution in [0.5, 0.6) is 0 Å². The van der Waals surface area contributed by atoms with Gasteiger partial charge in [-0.2, -0.15) is 0 Å². The van der Waals surface area contributed by atoms with Crippen molar-refractivity contribution in [2.24, 2.45) is 0 Å². The van der Waals surface area contributed by atoms with Crippen LogP contribution in [0.25, 0.3) is 82.9 Å². The number of hydrogen-bond donors (Lipinski definition) is 0. The van der Waals surface area contributed by atoms with Gasteiger partial charge >= 0.3 is 0 Å². The maximum absolute atomic E-state index is 15.8. The second-order valence-corrected chi connectivity index (χ2v) is 16.4. The van der Waals surface area contributed by atoms with Crippen LogP contribution in [0.2, 0.25) is 0 Å². The first-order valence-electron chi connectivity index (χ1n) is 17.9. The molecule has 1 unspecified atom stereocenters. The summed E-state index contributed by atoms with van der Waals surface area (Å²) in [5.74, 6) is 0.577. The summed E-state index contributed by atoms with van der Waals surface area (Å²) in [5, 5.41) is 8.08. The highest BCUT2D eigenvalue weighted by Gasteiger charge is 2.42. The molecule has 0 amide bonds. The summed E-state index contributed by atoms with van der Waals surface area (Å²) >= 11 is 0. The molecule has 3 heterocycles. The summed E-state index contributed by atoms with van der Waals surface area (Å²) in [7, 11) is -3.23. The van der Waals surface area contributed by atoms with E-state index in [2.05, 4.69) is 126 Å². The molecule has 8 aromatic carbocycles. The minimum absolute atomic E-state index is 0.577. The molecule has 1 aliphatic heterocycles. The monoisotopic (exact) mass is 695 g/mol. The quantitative estimate of drug-likeness (QED) is 0.172. The first kappa shape index (κ1) is 30.1. The van der Waals surface area contributed by atoms with Gasteiger partial charge in [0.25, 0.3) is 0 Å². The van der Waals surface area contributed by atoms with Gasteiger partial charge in [0.2, 0.25) is 5.95 Å². The fourth-order valence-corrected chi connectivity index (χ4v) is 11.7. The Labute approximate surface area is 306 Å². The van der Waals surface area contributed by atoms with E-state index in [0.717, 1.165) is 76.6 Å². The molecule has 0 aliphatic carbocycles. The van der Waals surface area contributed by atoms with Crippen LogP contribution in [0, 0.1) is 0 Å². The smallest absolute Gasteiger partial charge is 0.235 e. The average Bonchev–Trinajstić information content (AvgIpc) is 3.70. The van der Waals surface area contributed by atoms with Crippen molar-refractivity contribution in [2.45, 2.75) is 0 Å². The number of nitrogens with zero attached hydrogens (tertiary/aromatic N) is 3. The van der Waals surface area contributed by atoms with Crippen LogP contribution in [0.4, 0.5) is 0 Å². The molecule has 0 N–H and O–H groups in total. The molecule has 0 spiro atoms. The molecule has 0 saturated heterocycles. The zero-order chi connectivity index (χ0) is 35.1. The van der Waals surface area contributed by atoms with Crippen LogP contribution in [0.3, 0.4) is 0 Å². The molecule has 1 aliphatic rings. The summed E-state index contributed by atoms with van der Waals surface area (Å²) in [6, 6.07) is 62.8. The highest BCUT2D eigenvalue weighted by Crippen LogP contribution is 2.55. The standard InChI is InChI=1S/C48H30N3OP/c52-53(36-14-2-1-3-15-36)44-21-11-8-16-37(44)38-28-29-43-45(47(38)53)40-18-7-10-20-42(40)51(43)48-49-41-19-9-6-17-39(41)46(50-48)33-25-22-32(23-26-33)35-27-24-31-12-4-5-13-34(31)30-35/h1-30H. The van der Waals surface area contributed by atoms with Gasteiger partial charge < -0.3 is 4.57 Å². The maximum atomic E-state index is 15.8. The SMILES string of the molecule is O=P1(c2ccccc2)c2ccccc2-c2ccc3c(c21)c1ccccc1n3-c1nc(-c2ccc(-c3ccc4ccccc4c3)cc2)c2ccccc2n1. The number of aromatic nitrogens is 3. The lowest BCUT2D eigenvalue weighted by atomic mass is 9.99. The van der Waals surface area contributed by atoms with E-state index >= 15 is 4.57 Å². The molecular weight excluding hydrogens is 666 g/mol.